The van der Waals surface area contributed by atoms with E-state index in [2.05, 4.69) is 125 Å². The molecule has 0 saturated heterocycles. The molecule has 7 aromatic rings. The third kappa shape index (κ3) is 3.44. The van der Waals surface area contributed by atoms with Gasteiger partial charge in [-0.05, 0) is 35.4 Å². The van der Waals surface area contributed by atoms with E-state index in [0.29, 0.717) is 0 Å². The van der Waals surface area contributed by atoms with Crippen molar-refractivity contribution in [3.8, 4) is 5.69 Å². The smallest absolute Gasteiger partial charge is 0.0719 e. The highest BCUT2D eigenvalue weighted by molar-refractivity contribution is 7.26. The van der Waals surface area contributed by atoms with E-state index < -0.39 is 0 Å². The monoisotopic (exact) mass is 468 g/mol. The number of hydrogen-bond acceptors (Lipinski definition) is 2. The fourth-order valence-corrected chi connectivity index (χ4v) is 6.49. The van der Waals surface area contributed by atoms with Crippen molar-refractivity contribution in [2.45, 2.75) is 13.1 Å². The number of aromatic nitrogens is 1. The summed E-state index contributed by atoms with van der Waals surface area (Å²) in [5, 5.41) is 8.89. The minimum absolute atomic E-state index is 0.832. The Balaban J connectivity index is 1.39. The van der Waals surface area contributed by atoms with Crippen LogP contribution in [-0.2, 0) is 13.1 Å². The van der Waals surface area contributed by atoms with Gasteiger partial charge in [0, 0.05) is 45.0 Å². The maximum atomic E-state index is 3.60. The molecular formula is C32H24N2S. The number of para-hydroxylation sites is 1. The summed E-state index contributed by atoms with van der Waals surface area (Å²) in [6.45, 7) is 1.70. The second-order valence-corrected chi connectivity index (χ2v) is 10.1. The van der Waals surface area contributed by atoms with Gasteiger partial charge in [0.1, 0.15) is 0 Å². The van der Waals surface area contributed by atoms with Crippen molar-refractivity contribution in [1.29, 1.82) is 0 Å². The predicted octanol–water partition coefficient (Wildman–Crippen LogP) is 8.44. The van der Waals surface area contributed by atoms with E-state index in [1.807, 2.05) is 11.3 Å². The summed E-state index contributed by atoms with van der Waals surface area (Å²) in [6.07, 6.45) is 0. The quantitative estimate of drug-likeness (QED) is 0.268. The molecule has 168 valence electrons. The number of rotatable bonds is 5. The van der Waals surface area contributed by atoms with E-state index >= 15 is 0 Å². The van der Waals surface area contributed by atoms with Gasteiger partial charge in [0.05, 0.1) is 15.7 Å². The molecule has 2 heterocycles. The topological polar surface area (TPSA) is 17.0 Å². The summed E-state index contributed by atoms with van der Waals surface area (Å²) in [5.74, 6) is 0. The Bertz CT molecular complexity index is 1830. The SMILES string of the molecule is c1ccc(CNCc2cccc(-n3c4ccccc4c4ccc5c6ccccc6sc5c43)c2)cc1. The lowest BCUT2D eigenvalue weighted by atomic mass is 10.1. The molecule has 7 rings (SSSR count). The van der Waals surface area contributed by atoms with E-state index in [4.69, 9.17) is 0 Å². The molecule has 0 atom stereocenters. The Morgan fingerprint density at radius 3 is 2.20 bits per heavy atom. The zero-order chi connectivity index (χ0) is 23.2. The Morgan fingerprint density at radius 1 is 0.571 bits per heavy atom. The van der Waals surface area contributed by atoms with Gasteiger partial charge in [-0.3, -0.25) is 0 Å². The second-order valence-electron chi connectivity index (χ2n) is 9.05. The molecule has 0 fully saturated rings. The van der Waals surface area contributed by atoms with Crippen molar-refractivity contribution in [1.82, 2.24) is 9.88 Å². The third-order valence-electron chi connectivity index (χ3n) is 6.85. The average Bonchev–Trinajstić information content (AvgIpc) is 3.45. The summed E-state index contributed by atoms with van der Waals surface area (Å²) in [6, 6.07) is 41.7. The summed E-state index contributed by atoms with van der Waals surface area (Å²) in [4.78, 5) is 0. The van der Waals surface area contributed by atoms with Crippen LogP contribution in [0.15, 0.2) is 115 Å². The van der Waals surface area contributed by atoms with Crippen molar-refractivity contribution >= 4 is 53.3 Å². The third-order valence-corrected chi connectivity index (χ3v) is 8.04. The van der Waals surface area contributed by atoms with E-state index in [1.165, 1.54) is 58.8 Å². The van der Waals surface area contributed by atoms with Gasteiger partial charge >= 0.3 is 0 Å². The van der Waals surface area contributed by atoms with E-state index in [9.17, 15) is 0 Å². The van der Waals surface area contributed by atoms with Crippen LogP contribution in [0.25, 0.3) is 47.7 Å². The number of fused-ring (bicyclic) bond motifs is 7. The normalized spacial score (nSPS) is 11.8. The molecule has 0 unspecified atom stereocenters. The van der Waals surface area contributed by atoms with Crippen LogP contribution in [0.4, 0.5) is 0 Å². The minimum Gasteiger partial charge on any atom is -0.309 e. The van der Waals surface area contributed by atoms with Crippen LogP contribution in [0.3, 0.4) is 0 Å². The molecule has 1 N–H and O–H groups in total. The molecule has 2 aromatic heterocycles. The minimum atomic E-state index is 0.832. The molecule has 0 bridgehead atoms. The maximum Gasteiger partial charge on any atom is 0.0719 e. The largest absolute Gasteiger partial charge is 0.309 e. The van der Waals surface area contributed by atoms with Gasteiger partial charge in [-0.25, -0.2) is 0 Å². The fourth-order valence-electron chi connectivity index (χ4n) is 5.25. The van der Waals surface area contributed by atoms with Crippen molar-refractivity contribution < 1.29 is 0 Å². The van der Waals surface area contributed by atoms with Crippen molar-refractivity contribution in [3.05, 3.63) is 126 Å². The highest BCUT2D eigenvalue weighted by Crippen LogP contribution is 2.42. The van der Waals surface area contributed by atoms with Gasteiger partial charge < -0.3 is 9.88 Å². The number of benzene rings is 5. The maximum absolute atomic E-state index is 3.60. The Labute approximate surface area is 208 Å². The molecule has 0 saturated carbocycles. The van der Waals surface area contributed by atoms with Gasteiger partial charge in [0.15, 0.2) is 0 Å². The Hall–Kier alpha value is -3.92. The standard InChI is InChI=1S/C32H24N2S/c1-2-9-22(10-3-1)20-33-21-23-11-8-12-24(19-23)34-29-15-6-4-13-25(29)27-17-18-28-26-14-5-7-16-30(26)35-32(28)31(27)34/h1-19,33H,20-21H2. The van der Waals surface area contributed by atoms with Crippen molar-refractivity contribution in [2.24, 2.45) is 0 Å². The zero-order valence-corrected chi connectivity index (χ0v) is 20.1. The van der Waals surface area contributed by atoms with Gasteiger partial charge in [-0.2, -0.15) is 0 Å². The van der Waals surface area contributed by atoms with Gasteiger partial charge in [-0.1, -0.05) is 91.0 Å². The van der Waals surface area contributed by atoms with Crippen LogP contribution in [-0.4, -0.2) is 4.57 Å². The molecule has 0 spiro atoms. The molecule has 0 aliphatic heterocycles. The lowest BCUT2D eigenvalue weighted by molar-refractivity contribution is 0.693. The van der Waals surface area contributed by atoms with Crippen molar-refractivity contribution in [2.75, 3.05) is 0 Å². The molecule has 35 heavy (non-hydrogen) atoms. The van der Waals surface area contributed by atoms with Crippen molar-refractivity contribution in [3.63, 3.8) is 0 Å². The van der Waals surface area contributed by atoms with E-state index in [-0.39, 0.29) is 0 Å². The van der Waals surface area contributed by atoms with Crippen LogP contribution in [0.5, 0.6) is 0 Å². The number of thiophene rings is 1. The first-order chi connectivity index (χ1) is 17.4. The first-order valence-corrected chi connectivity index (χ1v) is 12.9. The molecule has 0 aliphatic rings. The summed E-state index contributed by atoms with van der Waals surface area (Å²) in [5.41, 5.74) is 6.35. The number of nitrogens with zero attached hydrogens (tertiary/aromatic N) is 1. The predicted molar refractivity (Wildman–Crippen MR) is 151 cm³/mol. The first kappa shape index (κ1) is 20.5. The molecule has 3 heteroatoms. The molecule has 2 nitrogen and oxygen atoms in total. The lowest BCUT2D eigenvalue weighted by Crippen LogP contribution is -2.12. The van der Waals surface area contributed by atoms with Crippen LogP contribution in [0, 0.1) is 0 Å². The zero-order valence-electron chi connectivity index (χ0n) is 19.2. The van der Waals surface area contributed by atoms with Gasteiger partial charge in [0.25, 0.3) is 0 Å². The molecule has 0 radical (unpaired) electrons. The molecular weight excluding hydrogens is 444 g/mol. The molecule has 0 amide bonds. The second kappa shape index (κ2) is 8.38. The van der Waals surface area contributed by atoms with Crippen LogP contribution < -0.4 is 5.32 Å². The fraction of sp³-hybridized carbons (Fsp3) is 0.0625. The molecule has 5 aromatic carbocycles. The van der Waals surface area contributed by atoms with Crippen LogP contribution >= 0.6 is 11.3 Å². The molecule has 0 aliphatic carbocycles. The highest BCUT2D eigenvalue weighted by atomic mass is 32.1. The Morgan fingerprint density at radius 2 is 1.29 bits per heavy atom. The van der Waals surface area contributed by atoms with E-state index in [0.717, 1.165) is 13.1 Å². The highest BCUT2D eigenvalue weighted by Gasteiger charge is 2.17. The number of hydrogen-bond donors (Lipinski definition) is 1. The summed E-state index contributed by atoms with van der Waals surface area (Å²) >= 11 is 1.90. The Kier molecular flexibility index (Phi) is 4.90. The summed E-state index contributed by atoms with van der Waals surface area (Å²) in [7, 11) is 0. The summed E-state index contributed by atoms with van der Waals surface area (Å²) < 4.78 is 5.15. The van der Waals surface area contributed by atoms with E-state index in [1.54, 1.807) is 0 Å². The van der Waals surface area contributed by atoms with Gasteiger partial charge in [-0.15, -0.1) is 11.3 Å². The van der Waals surface area contributed by atoms with Gasteiger partial charge in [0.2, 0.25) is 0 Å². The van der Waals surface area contributed by atoms with Crippen LogP contribution in [0.2, 0.25) is 0 Å². The number of nitrogens with one attached hydrogen (secondary N) is 1. The lowest BCUT2D eigenvalue weighted by Gasteiger charge is -2.11. The first-order valence-electron chi connectivity index (χ1n) is 12.0. The average molecular weight is 469 g/mol. The van der Waals surface area contributed by atoms with Crippen LogP contribution in [0.1, 0.15) is 11.1 Å².